The lowest BCUT2D eigenvalue weighted by molar-refractivity contribution is -0.384. The second-order valence-corrected chi connectivity index (χ2v) is 6.12. The zero-order valence-corrected chi connectivity index (χ0v) is 16.8. The maximum Gasteiger partial charge on any atom is 0.332 e. The highest BCUT2D eigenvalue weighted by Crippen LogP contribution is 2.17. The van der Waals surface area contributed by atoms with Crippen LogP contribution in [0.25, 0.3) is 0 Å². The van der Waals surface area contributed by atoms with Gasteiger partial charge in [-0.3, -0.25) is 24.0 Å². The Bertz CT molecular complexity index is 927. The predicted molar refractivity (Wildman–Crippen MR) is 110 cm³/mol. The van der Waals surface area contributed by atoms with Gasteiger partial charge in [0.1, 0.15) is 24.3 Å². The average Bonchev–Trinajstić information content (AvgIpc) is 2.68. The van der Waals surface area contributed by atoms with Crippen LogP contribution < -0.4 is 26.6 Å². The number of nitrogens with zero attached hydrogens (tertiary/aromatic N) is 3. The van der Waals surface area contributed by atoms with Gasteiger partial charge >= 0.3 is 5.69 Å². The topological polar surface area (TPSA) is 141 Å². The third-order valence-electron chi connectivity index (χ3n) is 4.00. The van der Waals surface area contributed by atoms with Crippen molar-refractivity contribution in [3.63, 3.8) is 0 Å². The standard InChI is InChI=1S/C17H23N5O6.ClH/c1-20-15(9-16(24)21(2)17(20)25)19-8-7-18-10-13(23)11-28-14-5-3-12(4-6-14)22(26)27;/h3-6,9,13,18-19,23H,7-8,10-11H2,1-2H3;1H. The Hall–Kier alpha value is -2.89. The highest BCUT2D eigenvalue weighted by atomic mass is 35.5. The maximum absolute atomic E-state index is 11.8. The van der Waals surface area contributed by atoms with Crippen molar-refractivity contribution in [2.75, 3.05) is 31.6 Å². The molecule has 0 saturated heterocycles. The van der Waals surface area contributed by atoms with Gasteiger partial charge in [0.2, 0.25) is 0 Å². The fourth-order valence-corrected chi connectivity index (χ4v) is 2.37. The molecule has 11 nitrogen and oxygen atoms in total. The van der Waals surface area contributed by atoms with Crippen molar-refractivity contribution < 1.29 is 14.8 Å². The first kappa shape index (κ1) is 24.1. The van der Waals surface area contributed by atoms with E-state index in [1.54, 1.807) is 7.05 Å². The van der Waals surface area contributed by atoms with Gasteiger partial charge in [-0.15, -0.1) is 12.4 Å². The van der Waals surface area contributed by atoms with E-state index in [9.17, 15) is 24.8 Å². The van der Waals surface area contributed by atoms with E-state index in [2.05, 4.69) is 10.6 Å². The zero-order chi connectivity index (χ0) is 20.7. The van der Waals surface area contributed by atoms with Crippen molar-refractivity contribution in [1.82, 2.24) is 14.5 Å². The summed E-state index contributed by atoms with van der Waals surface area (Å²) >= 11 is 0. The van der Waals surface area contributed by atoms with E-state index in [0.717, 1.165) is 4.57 Å². The molecular weight excluding hydrogens is 406 g/mol. The molecule has 2 aromatic rings. The Morgan fingerprint density at radius 1 is 1.17 bits per heavy atom. The molecule has 2 rings (SSSR count). The summed E-state index contributed by atoms with van der Waals surface area (Å²) in [6.45, 7) is 1.22. The number of hydrogen-bond acceptors (Lipinski definition) is 8. The lowest BCUT2D eigenvalue weighted by Gasteiger charge is -2.14. The van der Waals surface area contributed by atoms with Crippen molar-refractivity contribution in [3.8, 4) is 5.75 Å². The first-order chi connectivity index (χ1) is 13.3. The first-order valence-corrected chi connectivity index (χ1v) is 8.56. The van der Waals surface area contributed by atoms with Crippen molar-refractivity contribution in [3.05, 3.63) is 61.3 Å². The normalized spacial score (nSPS) is 11.4. The Morgan fingerprint density at radius 2 is 1.83 bits per heavy atom. The van der Waals surface area contributed by atoms with Crippen LogP contribution in [0.3, 0.4) is 0 Å². The number of hydrogen-bond donors (Lipinski definition) is 3. The van der Waals surface area contributed by atoms with E-state index in [4.69, 9.17) is 4.74 Å². The van der Waals surface area contributed by atoms with Crippen LogP contribution in [0.2, 0.25) is 0 Å². The summed E-state index contributed by atoms with van der Waals surface area (Å²) in [6, 6.07) is 6.94. The fourth-order valence-electron chi connectivity index (χ4n) is 2.37. The molecule has 29 heavy (non-hydrogen) atoms. The number of nitro benzene ring substituents is 1. The molecule has 0 aliphatic rings. The van der Waals surface area contributed by atoms with E-state index in [1.807, 2.05) is 0 Å². The quantitative estimate of drug-likeness (QED) is 0.269. The molecule has 1 unspecified atom stereocenters. The number of ether oxygens (including phenoxy) is 1. The van der Waals surface area contributed by atoms with E-state index >= 15 is 0 Å². The molecule has 160 valence electrons. The largest absolute Gasteiger partial charge is 0.491 e. The van der Waals surface area contributed by atoms with E-state index in [-0.39, 0.29) is 31.2 Å². The Labute approximate surface area is 172 Å². The average molecular weight is 430 g/mol. The van der Waals surface area contributed by atoms with Gasteiger partial charge in [0, 0.05) is 51.9 Å². The number of rotatable bonds is 10. The summed E-state index contributed by atoms with van der Waals surface area (Å²) in [5.74, 6) is 0.842. The smallest absolute Gasteiger partial charge is 0.332 e. The van der Waals surface area contributed by atoms with Gasteiger partial charge in [0.15, 0.2) is 0 Å². The van der Waals surface area contributed by atoms with Crippen molar-refractivity contribution in [1.29, 1.82) is 0 Å². The minimum Gasteiger partial charge on any atom is -0.491 e. The van der Waals surface area contributed by atoms with Crippen molar-refractivity contribution in [2.45, 2.75) is 6.10 Å². The summed E-state index contributed by atoms with van der Waals surface area (Å²) in [4.78, 5) is 33.6. The molecule has 0 saturated carbocycles. The van der Waals surface area contributed by atoms with Crippen LogP contribution in [0.1, 0.15) is 0 Å². The first-order valence-electron chi connectivity index (χ1n) is 8.56. The third kappa shape index (κ3) is 6.89. The summed E-state index contributed by atoms with van der Waals surface area (Å²) in [5.41, 5.74) is -0.838. The van der Waals surface area contributed by atoms with Crippen LogP contribution in [0, 0.1) is 10.1 Å². The second-order valence-electron chi connectivity index (χ2n) is 6.12. The molecule has 0 aliphatic carbocycles. The van der Waals surface area contributed by atoms with Crippen LogP contribution >= 0.6 is 12.4 Å². The molecule has 1 atom stereocenters. The second kappa shape index (κ2) is 11.2. The van der Waals surface area contributed by atoms with Gasteiger partial charge in [-0.25, -0.2) is 4.79 Å². The monoisotopic (exact) mass is 429 g/mol. The number of halogens is 1. The molecule has 0 amide bonds. The molecule has 3 N–H and O–H groups in total. The van der Waals surface area contributed by atoms with Crippen molar-refractivity contribution in [2.24, 2.45) is 14.1 Å². The summed E-state index contributed by atoms with van der Waals surface area (Å²) < 4.78 is 7.74. The van der Waals surface area contributed by atoms with E-state index in [1.165, 1.54) is 41.9 Å². The van der Waals surface area contributed by atoms with Crippen LogP contribution in [-0.4, -0.2) is 51.5 Å². The van der Waals surface area contributed by atoms with Crippen LogP contribution in [0.15, 0.2) is 39.9 Å². The predicted octanol–water partition coefficient (Wildman–Crippen LogP) is -0.145. The maximum atomic E-state index is 11.8. The van der Waals surface area contributed by atoms with Gasteiger partial charge < -0.3 is 20.5 Å². The number of benzene rings is 1. The molecule has 12 heteroatoms. The highest BCUT2D eigenvalue weighted by molar-refractivity contribution is 5.85. The zero-order valence-electron chi connectivity index (χ0n) is 16.0. The SMILES string of the molecule is Cl.Cn1c(NCCNCC(O)COc2ccc([N+](=O)[O-])cc2)cc(=O)n(C)c1=O. The van der Waals surface area contributed by atoms with Gasteiger partial charge in [-0.1, -0.05) is 0 Å². The molecule has 0 fully saturated rings. The minimum absolute atomic E-state index is 0. The molecule has 0 bridgehead atoms. The Morgan fingerprint density at radius 3 is 2.45 bits per heavy atom. The molecule has 1 aromatic heterocycles. The molecule has 0 spiro atoms. The number of nitrogens with one attached hydrogen (secondary N) is 2. The lowest BCUT2D eigenvalue weighted by atomic mass is 10.3. The van der Waals surface area contributed by atoms with E-state index < -0.39 is 22.3 Å². The van der Waals surface area contributed by atoms with Gasteiger partial charge in [-0.05, 0) is 12.1 Å². The number of aromatic nitrogens is 2. The van der Waals surface area contributed by atoms with Gasteiger partial charge in [-0.2, -0.15) is 0 Å². The summed E-state index contributed by atoms with van der Waals surface area (Å²) in [7, 11) is 2.98. The Balaban J connectivity index is 0.00000420. The number of anilines is 1. The number of non-ortho nitro benzene ring substituents is 1. The van der Waals surface area contributed by atoms with Gasteiger partial charge in [0.05, 0.1) is 4.92 Å². The molecular formula is C17H24ClN5O6. The van der Waals surface area contributed by atoms with Crippen molar-refractivity contribution >= 4 is 23.9 Å². The van der Waals surface area contributed by atoms with Crippen LogP contribution in [0.4, 0.5) is 11.5 Å². The number of nitro groups is 1. The van der Waals surface area contributed by atoms with Crippen LogP contribution in [-0.2, 0) is 14.1 Å². The summed E-state index contributed by atoms with van der Waals surface area (Å²) in [5, 5.41) is 26.5. The number of aliphatic hydroxyl groups excluding tert-OH is 1. The molecule has 0 aliphatic heterocycles. The van der Waals surface area contributed by atoms with Gasteiger partial charge in [0.25, 0.3) is 11.2 Å². The highest BCUT2D eigenvalue weighted by Gasteiger charge is 2.08. The lowest BCUT2D eigenvalue weighted by Crippen LogP contribution is -2.38. The molecule has 1 aromatic carbocycles. The fraction of sp³-hybridized carbons (Fsp3) is 0.412. The molecule has 0 radical (unpaired) electrons. The van der Waals surface area contributed by atoms with E-state index in [0.29, 0.717) is 24.7 Å². The number of aliphatic hydroxyl groups is 1. The molecule has 1 heterocycles. The van der Waals surface area contributed by atoms with Crippen LogP contribution in [0.5, 0.6) is 5.75 Å². The Kier molecular flexibility index (Phi) is 9.32. The summed E-state index contributed by atoms with van der Waals surface area (Å²) in [6.07, 6.45) is -0.774. The minimum atomic E-state index is -0.774. The third-order valence-corrected chi connectivity index (χ3v) is 4.00.